The largest absolute Gasteiger partial charge is 0.324 e. The molecule has 0 aromatic heterocycles. The van der Waals surface area contributed by atoms with E-state index in [1.807, 2.05) is 6.92 Å². The lowest BCUT2D eigenvalue weighted by molar-refractivity contribution is 0.723. The van der Waals surface area contributed by atoms with E-state index in [0.29, 0.717) is 0 Å². The molecule has 2 aromatic rings. The van der Waals surface area contributed by atoms with Crippen LogP contribution in [0.15, 0.2) is 54.6 Å². The summed E-state index contributed by atoms with van der Waals surface area (Å²) in [5.41, 5.74) is 8.54. The Morgan fingerprint density at radius 1 is 1.19 bits per heavy atom. The van der Waals surface area contributed by atoms with Crippen molar-refractivity contribution < 1.29 is 0 Å². The smallest absolute Gasteiger partial charge is 0.0338 e. The van der Waals surface area contributed by atoms with Crippen LogP contribution >= 0.6 is 0 Å². The molecule has 0 unspecified atom stereocenters. The summed E-state index contributed by atoms with van der Waals surface area (Å²) in [7, 11) is 0. The van der Waals surface area contributed by atoms with E-state index in [1.54, 1.807) is 0 Å². The third kappa shape index (κ3) is 2.15. The predicted molar refractivity (Wildman–Crippen MR) is 70.3 cm³/mol. The summed E-state index contributed by atoms with van der Waals surface area (Å²) >= 11 is 0. The maximum absolute atomic E-state index is 6.20. The highest BCUT2D eigenvalue weighted by molar-refractivity contribution is 5.86. The highest BCUT2D eigenvalue weighted by atomic mass is 14.6. The van der Waals surface area contributed by atoms with E-state index in [-0.39, 0.29) is 6.04 Å². The summed E-state index contributed by atoms with van der Waals surface area (Å²) in [6, 6.07) is 14.7. The minimum Gasteiger partial charge on any atom is -0.324 e. The maximum atomic E-state index is 6.20. The van der Waals surface area contributed by atoms with E-state index < -0.39 is 0 Å². The van der Waals surface area contributed by atoms with Crippen molar-refractivity contribution in [2.75, 3.05) is 0 Å². The van der Waals surface area contributed by atoms with Gasteiger partial charge in [0.2, 0.25) is 0 Å². The lowest BCUT2D eigenvalue weighted by Crippen LogP contribution is -2.10. The molecule has 2 N–H and O–H groups in total. The first-order chi connectivity index (χ1) is 7.68. The second kappa shape index (κ2) is 4.50. The molecule has 0 bridgehead atoms. The first kappa shape index (κ1) is 10.9. The summed E-state index contributed by atoms with van der Waals surface area (Å²) in [4.78, 5) is 0. The minimum absolute atomic E-state index is 0.0450. The molecule has 0 aliphatic carbocycles. The molecule has 0 fully saturated rings. The van der Waals surface area contributed by atoms with Gasteiger partial charge < -0.3 is 5.73 Å². The van der Waals surface area contributed by atoms with Crippen LogP contribution in [0, 0.1) is 0 Å². The lowest BCUT2D eigenvalue weighted by atomic mass is 9.95. The van der Waals surface area contributed by atoms with Gasteiger partial charge in [0.15, 0.2) is 0 Å². The Hall–Kier alpha value is -1.60. The molecule has 1 atom stereocenters. The zero-order chi connectivity index (χ0) is 11.5. The van der Waals surface area contributed by atoms with Crippen molar-refractivity contribution in [1.29, 1.82) is 0 Å². The highest BCUT2D eigenvalue weighted by Crippen LogP contribution is 2.26. The molecule has 2 aromatic carbocycles. The molecule has 82 valence electrons. The van der Waals surface area contributed by atoms with Crippen molar-refractivity contribution in [2.45, 2.75) is 19.4 Å². The van der Waals surface area contributed by atoms with Gasteiger partial charge in [0, 0.05) is 6.04 Å². The van der Waals surface area contributed by atoms with Gasteiger partial charge in [-0.3, -0.25) is 0 Å². The molecule has 0 spiro atoms. The van der Waals surface area contributed by atoms with Gasteiger partial charge in [-0.15, -0.1) is 6.58 Å². The summed E-state index contributed by atoms with van der Waals surface area (Å²) in [6.45, 7) is 5.94. The summed E-state index contributed by atoms with van der Waals surface area (Å²) in [5, 5.41) is 2.50. The average Bonchev–Trinajstić information content (AvgIpc) is 2.27. The molecule has 0 saturated carbocycles. The first-order valence-corrected chi connectivity index (χ1v) is 5.56. The van der Waals surface area contributed by atoms with E-state index in [4.69, 9.17) is 5.73 Å². The fourth-order valence-corrected chi connectivity index (χ4v) is 2.06. The molecule has 0 radical (unpaired) electrons. The van der Waals surface area contributed by atoms with Crippen LogP contribution in [0.3, 0.4) is 0 Å². The van der Waals surface area contributed by atoms with E-state index in [0.717, 1.165) is 12.0 Å². The molecule has 16 heavy (non-hydrogen) atoms. The number of nitrogens with two attached hydrogens (primary N) is 1. The zero-order valence-corrected chi connectivity index (χ0v) is 9.61. The number of hydrogen-bond donors (Lipinski definition) is 1. The Morgan fingerprint density at radius 2 is 1.88 bits per heavy atom. The summed E-state index contributed by atoms with van der Waals surface area (Å²) in [5.74, 6) is 0. The molecule has 2 rings (SSSR count). The topological polar surface area (TPSA) is 26.0 Å². The molecule has 0 amide bonds. The molecular formula is C15H17N. The Kier molecular flexibility index (Phi) is 3.07. The zero-order valence-electron chi connectivity index (χ0n) is 9.61. The van der Waals surface area contributed by atoms with Gasteiger partial charge in [0.1, 0.15) is 0 Å². The van der Waals surface area contributed by atoms with Gasteiger partial charge in [-0.25, -0.2) is 0 Å². The van der Waals surface area contributed by atoms with E-state index >= 15 is 0 Å². The van der Waals surface area contributed by atoms with Gasteiger partial charge in [-0.2, -0.15) is 0 Å². The van der Waals surface area contributed by atoms with Gasteiger partial charge in [0.05, 0.1) is 0 Å². The molecule has 0 aliphatic heterocycles. The molecule has 0 aliphatic rings. The third-order valence-corrected chi connectivity index (χ3v) is 2.79. The van der Waals surface area contributed by atoms with Crippen LogP contribution in [0.5, 0.6) is 0 Å². The van der Waals surface area contributed by atoms with Crippen LogP contribution in [-0.2, 0) is 0 Å². The number of fused-ring (bicyclic) bond motifs is 1. The minimum atomic E-state index is 0.0450. The van der Waals surface area contributed by atoms with E-state index in [1.165, 1.54) is 16.3 Å². The predicted octanol–water partition coefficient (Wildman–Crippen LogP) is 3.81. The number of rotatable bonds is 3. The van der Waals surface area contributed by atoms with Crippen molar-refractivity contribution in [3.8, 4) is 0 Å². The Morgan fingerprint density at radius 3 is 2.62 bits per heavy atom. The maximum Gasteiger partial charge on any atom is 0.0338 e. The van der Waals surface area contributed by atoms with E-state index in [9.17, 15) is 0 Å². The van der Waals surface area contributed by atoms with Crippen molar-refractivity contribution in [3.63, 3.8) is 0 Å². The quantitative estimate of drug-likeness (QED) is 0.768. The number of hydrogen-bond acceptors (Lipinski definition) is 1. The molecular weight excluding hydrogens is 194 g/mol. The Labute approximate surface area is 96.6 Å². The lowest BCUT2D eigenvalue weighted by Gasteiger charge is -2.14. The summed E-state index contributed by atoms with van der Waals surface area (Å²) < 4.78 is 0. The van der Waals surface area contributed by atoms with Crippen LogP contribution in [0.25, 0.3) is 10.8 Å². The van der Waals surface area contributed by atoms with E-state index in [2.05, 4.69) is 49.0 Å². The highest BCUT2D eigenvalue weighted by Gasteiger charge is 2.09. The van der Waals surface area contributed by atoms with Crippen LogP contribution < -0.4 is 5.73 Å². The fraction of sp³-hybridized carbons (Fsp3) is 0.200. The monoisotopic (exact) mass is 211 g/mol. The van der Waals surface area contributed by atoms with Crippen molar-refractivity contribution in [1.82, 2.24) is 0 Å². The van der Waals surface area contributed by atoms with Crippen LogP contribution in [0.2, 0.25) is 0 Å². The molecule has 1 heteroatoms. The fourth-order valence-electron chi connectivity index (χ4n) is 2.06. The van der Waals surface area contributed by atoms with Crippen molar-refractivity contribution in [3.05, 3.63) is 60.2 Å². The summed E-state index contributed by atoms with van der Waals surface area (Å²) in [6.07, 6.45) is 0.841. The Bertz CT molecular complexity index is 508. The van der Waals surface area contributed by atoms with Crippen LogP contribution in [0.1, 0.15) is 24.9 Å². The second-order valence-electron chi connectivity index (χ2n) is 4.34. The van der Waals surface area contributed by atoms with Gasteiger partial charge in [-0.05, 0) is 29.7 Å². The standard InChI is InChI=1S/C15H17N/c1-11(2)10-15(16)14-9-5-7-12-6-3-4-8-13(12)14/h3-9,15H,1,10,16H2,2H3/t15-/m1/s1. The van der Waals surface area contributed by atoms with Crippen molar-refractivity contribution in [2.24, 2.45) is 5.73 Å². The molecule has 0 heterocycles. The Balaban J connectivity index is 2.47. The van der Waals surface area contributed by atoms with Crippen LogP contribution in [-0.4, -0.2) is 0 Å². The normalized spacial score (nSPS) is 12.6. The number of benzene rings is 2. The SMILES string of the molecule is C=C(C)C[C@@H](N)c1cccc2ccccc12. The third-order valence-electron chi connectivity index (χ3n) is 2.79. The van der Waals surface area contributed by atoms with Gasteiger partial charge in [0.25, 0.3) is 0 Å². The van der Waals surface area contributed by atoms with Gasteiger partial charge in [-0.1, -0.05) is 48.0 Å². The van der Waals surface area contributed by atoms with Crippen LogP contribution in [0.4, 0.5) is 0 Å². The van der Waals surface area contributed by atoms with Crippen molar-refractivity contribution >= 4 is 10.8 Å². The second-order valence-corrected chi connectivity index (χ2v) is 4.34. The molecule has 0 saturated heterocycles. The van der Waals surface area contributed by atoms with Gasteiger partial charge >= 0.3 is 0 Å². The molecule has 1 nitrogen and oxygen atoms in total. The first-order valence-electron chi connectivity index (χ1n) is 5.56. The average molecular weight is 211 g/mol.